The Kier molecular flexibility index (Phi) is 3.48. The number of halogens is 1. The van der Waals surface area contributed by atoms with Crippen molar-refractivity contribution in [2.24, 2.45) is 7.05 Å². The number of rotatable bonds is 3. The molecular weight excluding hydrogens is 292 g/mol. The smallest absolute Gasteiger partial charge is 0.292 e. The number of hydrogen-bond donors (Lipinski definition) is 1. The topological polar surface area (TPSA) is 72.9 Å². The molecule has 7 heteroatoms. The van der Waals surface area contributed by atoms with Crippen LogP contribution in [0.4, 0.5) is 0 Å². The van der Waals surface area contributed by atoms with Gasteiger partial charge in [-0.1, -0.05) is 23.7 Å². The Morgan fingerprint density at radius 2 is 1.90 bits per heavy atom. The van der Waals surface area contributed by atoms with Crippen LogP contribution in [0.25, 0.3) is 10.9 Å². The molecule has 3 aromatic rings. The maximum atomic E-state index is 12.1. The van der Waals surface area contributed by atoms with E-state index in [9.17, 15) is 9.90 Å². The van der Waals surface area contributed by atoms with Crippen LogP contribution in [0.1, 0.15) is 11.7 Å². The van der Waals surface area contributed by atoms with E-state index in [1.54, 1.807) is 43.7 Å². The highest BCUT2D eigenvalue weighted by Gasteiger charge is 2.14. The average molecular weight is 305 g/mol. The van der Waals surface area contributed by atoms with Crippen LogP contribution in [-0.2, 0) is 13.6 Å². The van der Waals surface area contributed by atoms with Gasteiger partial charge in [0.25, 0.3) is 5.56 Å². The second kappa shape index (κ2) is 5.31. The highest BCUT2D eigenvalue weighted by Crippen LogP contribution is 2.19. The van der Waals surface area contributed by atoms with E-state index in [-0.39, 0.29) is 12.1 Å². The number of benzene rings is 1. The fourth-order valence-electron chi connectivity index (χ4n) is 2.18. The molecule has 0 spiro atoms. The van der Waals surface area contributed by atoms with E-state index in [1.165, 1.54) is 9.36 Å². The minimum atomic E-state index is -0.775. The Bertz CT molecular complexity index is 838. The zero-order valence-electron chi connectivity index (χ0n) is 11.3. The summed E-state index contributed by atoms with van der Waals surface area (Å²) in [7, 11) is 1.58. The monoisotopic (exact) mass is 304 g/mol. The third-order valence-electron chi connectivity index (χ3n) is 3.33. The van der Waals surface area contributed by atoms with Crippen molar-refractivity contribution >= 4 is 22.5 Å². The van der Waals surface area contributed by atoms with E-state index in [1.807, 2.05) is 0 Å². The van der Waals surface area contributed by atoms with Gasteiger partial charge < -0.3 is 5.11 Å². The van der Waals surface area contributed by atoms with Gasteiger partial charge in [0.2, 0.25) is 0 Å². The van der Waals surface area contributed by atoms with Crippen molar-refractivity contribution in [3.05, 3.63) is 57.6 Å². The Labute approximate surface area is 125 Å². The standard InChI is InChI=1S/C14H13ClN4O2/c1-18-14(21)13-10(6-16-18)7-17-19(13)8-12(20)9-2-4-11(15)5-3-9/h2-7,12,20H,8H2,1H3. The van der Waals surface area contributed by atoms with E-state index < -0.39 is 6.10 Å². The Morgan fingerprint density at radius 1 is 1.24 bits per heavy atom. The van der Waals surface area contributed by atoms with Gasteiger partial charge in [0.05, 0.1) is 25.0 Å². The molecule has 0 saturated carbocycles. The lowest BCUT2D eigenvalue weighted by molar-refractivity contribution is 0.153. The quantitative estimate of drug-likeness (QED) is 0.796. The molecule has 6 nitrogen and oxygen atoms in total. The molecule has 1 aromatic carbocycles. The number of hydrogen-bond acceptors (Lipinski definition) is 4. The zero-order chi connectivity index (χ0) is 15.0. The predicted octanol–water partition coefficient (Wildman–Crippen LogP) is 1.52. The number of fused-ring (bicyclic) bond motifs is 1. The summed E-state index contributed by atoms with van der Waals surface area (Å²) in [6.45, 7) is 0.185. The molecule has 0 aliphatic heterocycles. The van der Waals surface area contributed by atoms with Crippen LogP contribution < -0.4 is 5.56 Å². The molecule has 1 N–H and O–H groups in total. The summed E-state index contributed by atoms with van der Waals surface area (Å²) < 4.78 is 2.74. The summed E-state index contributed by atoms with van der Waals surface area (Å²) in [4.78, 5) is 12.1. The lowest BCUT2D eigenvalue weighted by Crippen LogP contribution is -2.22. The Hall–Kier alpha value is -2.18. The molecule has 2 heterocycles. The molecule has 3 rings (SSSR count). The van der Waals surface area contributed by atoms with E-state index in [4.69, 9.17) is 11.6 Å². The molecule has 0 bridgehead atoms. The number of nitrogens with zero attached hydrogens (tertiary/aromatic N) is 4. The van der Waals surface area contributed by atoms with Gasteiger partial charge in [-0.25, -0.2) is 4.68 Å². The van der Waals surface area contributed by atoms with Crippen molar-refractivity contribution in [2.75, 3.05) is 0 Å². The normalized spacial score (nSPS) is 12.7. The van der Waals surface area contributed by atoms with Gasteiger partial charge in [-0.05, 0) is 17.7 Å². The van der Waals surface area contributed by atoms with Gasteiger partial charge in [-0.2, -0.15) is 10.2 Å². The highest BCUT2D eigenvalue weighted by atomic mass is 35.5. The number of aliphatic hydroxyl groups excluding tert-OH is 1. The molecule has 1 atom stereocenters. The summed E-state index contributed by atoms with van der Waals surface area (Å²) in [5, 5.41) is 19.6. The predicted molar refractivity (Wildman–Crippen MR) is 79.2 cm³/mol. The summed E-state index contributed by atoms with van der Waals surface area (Å²) in [5.74, 6) is 0. The van der Waals surface area contributed by atoms with Crippen molar-refractivity contribution in [1.29, 1.82) is 0 Å². The second-order valence-electron chi connectivity index (χ2n) is 4.77. The molecule has 21 heavy (non-hydrogen) atoms. The molecular formula is C14H13ClN4O2. The fraction of sp³-hybridized carbons (Fsp3) is 0.214. The van der Waals surface area contributed by atoms with Gasteiger partial charge in [-0.3, -0.25) is 9.48 Å². The van der Waals surface area contributed by atoms with Gasteiger partial charge in [0, 0.05) is 17.5 Å². The van der Waals surface area contributed by atoms with Gasteiger partial charge in [-0.15, -0.1) is 0 Å². The van der Waals surface area contributed by atoms with Crippen LogP contribution in [0.15, 0.2) is 41.5 Å². The lowest BCUT2D eigenvalue weighted by atomic mass is 10.1. The number of aromatic nitrogens is 4. The summed E-state index contributed by atoms with van der Waals surface area (Å²) in [6, 6.07) is 6.92. The SMILES string of the molecule is Cn1ncc2cnn(CC(O)c3ccc(Cl)cc3)c2c1=O. The molecule has 0 aliphatic carbocycles. The van der Waals surface area contributed by atoms with Crippen molar-refractivity contribution in [3.8, 4) is 0 Å². The Morgan fingerprint density at radius 3 is 2.62 bits per heavy atom. The minimum Gasteiger partial charge on any atom is -0.386 e. The van der Waals surface area contributed by atoms with Crippen molar-refractivity contribution in [3.63, 3.8) is 0 Å². The van der Waals surface area contributed by atoms with Crippen molar-refractivity contribution < 1.29 is 5.11 Å². The van der Waals surface area contributed by atoms with Crippen LogP contribution in [-0.4, -0.2) is 24.7 Å². The van der Waals surface area contributed by atoms with Crippen LogP contribution in [0.3, 0.4) is 0 Å². The first-order valence-electron chi connectivity index (χ1n) is 6.37. The first kappa shape index (κ1) is 13.8. The summed E-state index contributed by atoms with van der Waals surface area (Å²) in [6.07, 6.45) is 2.37. The summed E-state index contributed by atoms with van der Waals surface area (Å²) in [5.41, 5.74) is 0.905. The lowest BCUT2D eigenvalue weighted by Gasteiger charge is -2.12. The van der Waals surface area contributed by atoms with Gasteiger partial charge in [0.1, 0.15) is 5.52 Å². The molecule has 0 fully saturated rings. The fourth-order valence-corrected chi connectivity index (χ4v) is 2.30. The minimum absolute atomic E-state index is 0.185. The van der Waals surface area contributed by atoms with Crippen LogP contribution in [0.2, 0.25) is 5.02 Å². The van der Waals surface area contributed by atoms with Gasteiger partial charge >= 0.3 is 0 Å². The molecule has 0 radical (unpaired) electrons. The highest BCUT2D eigenvalue weighted by molar-refractivity contribution is 6.30. The van der Waals surface area contributed by atoms with E-state index in [0.717, 1.165) is 0 Å². The second-order valence-corrected chi connectivity index (χ2v) is 5.21. The number of aliphatic hydroxyl groups is 1. The summed E-state index contributed by atoms with van der Waals surface area (Å²) >= 11 is 5.83. The first-order chi connectivity index (χ1) is 10.1. The van der Waals surface area contributed by atoms with Crippen molar-refractivity contribution in [2.45, 2.75) is 12.6 Å². The third-order valence-corrected chi connectivity index (χ3v) is 3.59. The molecule has 2 aromatic heterocycles. The average Bonchev–Trinajstić information content (AvgIpc) is 2.87. The first-order valence-corrected chi connectivity index (χ1v) is 6.75. The van der Waals surface area contributed by atoms with E-state index in [0.29, 0.717) is 21.5 Å². The van der Waals surface area contributed by atoms with Gasteiger partial charge in [0.15, 0.2) is 0 Å². The van der Waals surface area contributed by atoms with Crippen molar-refractivity contribution in [1.82, 2.24) is 19.6 Å². The molecule has 0 amide bonds. The van der Waals surface area contributed by atoms with E-state index >= 15 is 0 Å². The maximum Gasteiger partial charge on any atom is 0.292 e. The van der Waals surface area contributed by atoms with Crippen LogP contribution in [0.5, 0.6) is 0 Å². The molecule has 0 saturated heterocycles. The van der Waals surface area contributed by atoms with Crippen LogP contribution >= 0.6 is 11.6 Å². The molecule has 0 aliphatic rings. The maximum absolute atomic E-state index is 12.1. The van der Waals surface area contributed by atoms with E-state index in [2.05, 4.69) is 10.2 Å². The third kappa shape index (κ3) is 2.55. The number of aryl methyl sites for hydroxylation is 1. The molecule has 108 valence electrons. The zero-order valence-corrected chi connectivity index (χ0v) is 12.0. The van der Waals surface area contributed by atoms with Crippen LogP contribution in [0, 0.1) is 0 Å². The molecule has 1 unspecified atom stereocenters. The largest absolute Gasteiger partial charge is 0.386 e. The Balaban J connectivity index is 1.96.